The molecule has 0 aromatic heterocycles. The fraction of sp³-hybridized carbons (Fsp3) is 0.611. The summed E-state index contributed by atoms with van der Waals surface area (Å²) in [5.41, 5.74) is 0. The summed E-state index contributed by atoms with van der Waals surface area (Å²) in [6, 6.07) is 6.49. The summed E-state index contributed by atoms with van der Waals surface area (Å²) in [5, 5.41) is 0. The molecule has 1 saturated heterocycles. The number of ether oxygens (including phenoxy) is 1. The van der Waals surface area contributed by atoms with Crippen molar-refractivity contribution in [2.24, 2.45) is 11.8 Å². The third-order valence-electron chi connectivity index (χ3n) is 4.85. The van der Waals surface area contributed by atoms with Gasteiger partial charge in [0.1, 0.15) is 0 Å². The van der Waals surface area contributed by atoms with Crippen LogP contribution in [0.2, 0.25) is 0 Å². The highest BCUT2D eigenvalue weighted by atomic mass is 19.1. The Labute approximate surface area is 131 Å². The van der Waals surface area contributed by atoms with E-state index in [2.05, 4.69) is 0 Å². The minimum absolute atomic E-state index is 0.242. The predicted octanol–water partition coefficient (Wildman–Crippen LogP) is 3.63. The molecule has 1 amide bonds. The first-order chi connectivity index (χ1) is 10.7. The van der Waals surface area contributed by atoms with E-state index in [-0.39, 0.29) is 11.7 Å². The number of amides is 1. The van der Waals surface area contributed by atoms with Gasteiger partial charge in [0, 0.05) is 24.9 Å². The molecule has 1 heterocycles. The van der Waals surface area contributed by atoms with Crippen LogP contribution in [0.4, 0.5) is 4.39 Å². The van der Waals surface area contributed by atoms with Gasteiger partial charge in [-0.3, -0.25) is 4.79 Å². The van der Waals surface area contributed by atoms with E-state index < -0.39 is 0 Å². The van der Waals surface area contributed by atoms with Gasteiger partial charge in [0.05, 0.1) is 6.61 Å². The number of halogens is 1. The molecule has 0 bridgehead atoms. The molecule has 1 aliphatic carbocycles. The van der Waals surface area contributed by atoms with Gasteiger partial charge < -0.3 is 9.64 Å². The van der Waals surface area contributed by atoms with Crippen LogP contribution >= 0.6 is 0 Å². The Hall–Kier alpha value is -1.58. The van der Waals surface area contributed by atoms with Gasteiger partial charge in [0.25, 0.3) is 0 Å². The lowest BCUT2D eigenvalue weighted by Gasteiger charge is -2.34. The Morgan fingerprint density at radius 3 is 2.73 bits per heavy atom. The standard InChI is InChI=1S/C18H24FNO2/c19-16-9-3-4-10-17(16)22-13-14-6-5-11-20(12-14)18(21)15-7-1-2-8-15/h3-4,9-10,14-15H,1-2,5-8,11-13H2. The summed E-state index contributed by atoms with van der Waals surface area (Å²) in [6.45, 7) is 2.10. The van der Waals surface area contributed by atoms with Crippen LogP contribution in [0.25, 0.3) is 0 Å². The van der Waals surface area contributed by atoms with Crippen molar-refractivity contribution < 1.29 is 13.9 Å². The van der Waals surface area contributed by atoms with Crippen molar-refractivity contribution in [3.05, 3.63) is 30.1 Å². The third-order valence-corrected chi connectivity index (χ3v) is 4.85. The van der Waals surface area contributed by atoms with Crippen molar-refractivity contribution in [3.63, 3.8) is 0 Å². The van der Waals surface area contributed by atoms with Crippen LogP contribution < -0.4 is 4.74 Å². The van der Waals surface area contributed by atoms with Gasteiger partial charge >= 0.3 is 0 Å². The van der Waals surface area contributed by atoms with Crippen LogP contribution in [0, 0.1) is 17.7 Å². The van der Waals surface area contributed by atoms with Gasteiger partial charge in [-0.2, -0.15) is 0 Å². The summed E-state index contributed by atoms with van der Waals surface area (Å²) < 4.78 is 19.2. The monoisotopic (exact) mass is 305 g/mol. The topological polar surface area (TPSA) is 29.5 Å². The van der Waals surface area contributed by atoms with E-state index in [4.69, 9.17) is 4.74 Å². The Morgan fingerprint density at radius 2 is 1.95 bits per heavy atom. The molecular weight excluding hydrogens is 281 g/mol. The number of benzene rings is 1. The predicted molar refractivity (Wildman–Crippen MR) is 83.2 cm³/mol. The maximum Gasteiger partial charge on any atom is 0.225 e. The summed E-state index contributed by atoms with van der Waals surface area (Å²) in [7, 11) is 0. The number of rotatable bonds is 4. The zero-order valence-corrected chi connectivity index (χ0v) is 13.0. The molecule has 2 fully saturated rings. The number of hydrogen-bond acceptors (Lipinski definition) is 2. The van der Waals surface area contributed by atoms with Crippen molar-refractivity contribution in [1.29, 1.82) is 0 Å². The molecular formula is C18H24FNO2. The molecule has 0 radical (unpaired) electrons. The Bertz CT molecular complexity index is 514. The number of hydrogen-bond donors (Lipinski definition) is 0. The van der Waals surface area contributed by atoms with Crippen LogP contribution in [0.15, 0.2) is 24.3 Å². The summed E-state index contributed by atoms with van der Waals surface area (Å²) in [4.78, 5) is 14.5. The number of nitrogens with zero attached hydrogens (tertiary/aromatic N) is 1. The summed E-state index contributed by atoms with van der Waals surface area (Å²) >= 11 is 0. The second-order valence-corrected chi connectivity index (χ2v) is 6.52. The Kier molecular flexibility index (Phi) is 4.96. The fourth-order valence-corrected chi connectivity index (χ4v) is 3.60. The van der Waals surface area contributed by atoms with Gasteiger partial charge in [-0.1, -0.05) is 25.0 Å². The molecule has 1 atom stereocenters. The molecule has 3 nitrogen and oxygen atoms in total. The van der Waals surface area contributed by atoms with Gasteiger partial charge in [-0.05, 0) is 37.8 Å². The van der Waals surface area contributed by atoms with Gasteiger partial charge in [0.2, 0.25) is 5.91 Å². The lowest BCUT2D eigenvalue weighted by molar-refractivity contribution is -0.137. The summed E-state index contributed by atoms with van der Waals surface area (Å²) in [6.07, 6.45) is 6.53. The first-order valence-corrected chi connectivity index (χ1v) is 8.40. The Balaban J connectivity index is 1.52. The second-order valence-electron chi connectivity index (χ2n) is 6.52. The van der Waals surface area contributed by atoms with Crippen molar-refractivity contribution >= 4 is 5.91 Å². The third kappa shape index (κ3) is 3.60. The van der Waals surface area contributed by atoms with E-state index in [9.17, 15) is 9.18 Å². The molecule has 0 N–H and O–H groups in total. The molecule has 1 saturated carbocycles. The highest BCUT2D eigenvalue weighted by Gasteiger charge is 2.30. The number of piperidine rings is 1. The van der Waals surface area contributed by atoms with Crippen LogP contribution in [0.1, 0.15) is 38.5 Å². The van der Waals surface area contributed by atoms with Crippen LogP contribution in [0.5, 0.6) is 5.75 Å². The first-order valence-electron chi connectivity index (χ1n) is 8.40. The molecule has 22 heavy (non-hydrogen) atoms. The van der Waals surface area contributed by atoms with E-state index in [0.717, 1.165) is 38.8 Å². The lowest BCUT2D eigenvalue weighted by Crippen LogP contribution is -2.43. The number of para-hydroxylation sites is 1. The zero-order valence-electron chi connectivity index (χ0n) is 13.0. The van der Waals surface area contributed by atoms with E-state index in [1.165, 1.54) is 18.9 Å². The molecule has 1 unspecified atom stereocenters. The zero-order chi connectivity index (χ0) is 15.4. The highest BCUT2D eigenvalue weighted by molar-refractivity contribution is 5.79. The average molecular weight is 305 g/mol. The van der Waals surface area contributed by atoms with E-state index >= 15 is 0 Å². The molecule has 3 rings (SSSR count). The largest absolute Gasteiger partial charge is 0.490 e. The maximum absolute atomic E-state index is 13.6. The van der Waals surface area contributed by atoms with Crippen molar-refractivity contribution in [2.75, 3.05) is 19.7 Å². The van der Waals surface area contributed by atoms with E-state index in [1.54, 1.807) is 18.2 Å². The SMILES string of the molecule is O=C(C1CCCC1)N1CCCC(COc2ccccc2F)C1. The lowest BCUT2D eigenvalue weighted by atomic mass is 9.97. The number of carbonyl (C=O) groups excluding carboxylic acids is 1. The van der Waals surface area contributed by atoms with Gasteiger partial charge in [-0.15, -0.1) is 0 Å². The fourth-order valence-electron chi connectivity index (χ4n) is 3.60. The molecule has 4 heteroatoms. The van der Waals surface area contributed by atoms with Gasteiger partial charge in [0.15, 0.2) is 11.6 Å². The molecule has 1 aromatic carbocycles. The maximum atomic E-state index is 13.6. The second kappa shape index (κ2) is 7.12. The summed E-state index contributed by atoms with van der Waals surface area (Å²) in [5.74, 6) is 0.858. The van der Waals surface area contributed by atoms with Crippen LogP contribution in [0.3, 0.4) is 0 Å². The molecule has 1 aromatic rings. The van der Waals surface area contributed by atoms with Crippen LogP contribution in [-0.2, 0) is 4.79 Å². The molecule has 120 valence electrons. The Morgan fingerprint density at radius 1 is 1.18 bits per heavy atom. The number of likely N-dealkylation sites (tertiary alicyclic amines) is 1. The van der Waals surface area contributed by atoms with E-state index in [0.29, 0.717) is 24.2 Å². The molecule has 2 aliphatic rings. The first kappa shape index (κ1) is 15.3. The van der Waals surface area contributed by atoms with Crippen LogP contribution in [-0.4, -0.2) is 30.5 Å². The minimum atomic E-state index is -0.322. The average Bonchev–Trinajstić information content (AvgIpc) is 3.08. The minimum Gasteiger partial charge on any atom is -0.490 e. The molecule has 1 aliphatic heterocycles. The van der Waals surface area contributed by atoms with Crippen molar-refractivity contribution in [3.8, 4) is 5.75 Å². The van der Waals surface area contributed by atoms with Gasteiger partial charge in [-0.25, -0.2) is 4.39 Å². The smallest absolute Gasteiger partial charge is 0.225 e. The van der Waals surface area contributed by atoms with Crippen molar-refractivity contribution in [2.45, 2.75) is 38.5 Å². The number of carbonyl (C=O) groups is 1. The van der Waals surface area contributed by atoms with E-state index in [1.807, 2.05) is 4.90 Å². The van der Waals surface area contributed by atoms with Crippen molar-refractivity contribution in [1.82, 2.24) is 4.90 Å². The highest BCUT2D eigenvalue weighted by Crippen LogP contribution is 2.28. The normalized spacial score (nSPS) is 22.8. The molecule has 0 spiro atoms. The quantitative estimate of drug-likeness (QED) is 0.850.